The van der Waals surface area contributed by atoms with Gasteiger partial charge < -0.3 is 22.6 Å². The molecular weight excluding hydrogens is 1350 g/mol. The van der Waals surface area contributed by atoms with E-state index in [1.165, 1.54) is 435 Å². The van der Waals surface area contributed by atoms with E-state index in [0.717, 1.165) is 76.1 Å². The molecule has 2 aromatic rings. The van der Waals surface area contributed by atoms with E-state index in [1.807, 2.05) is 0 Å². The first-order valence-corrected chi connectivity index (χ1v) is 50.8. The summed E-state index contributed by atoms with van der Waals surface area (Å²) in [5, 5.41) is 0. The fourth-order valence-corrected chi connectivity index (χ4v) is 20.1. The van der Waals surface area contributed by atoms with Crippen molar-refractivity contribution in [1.82, 2.24) is 0 Å². The second-order valence-corrected chi connectivity index (χ2v) is 37.4. The first kappa shape index (κ1) is 98.1. The van der Waals surface area contributed by atoms with Crippen LogP contribution in [0.5, 0.6) is 11.5 Å². The van der Waals surface area contributed by atoms with Gasteiger partial charge in [-0.3, -0.25) is 4.52 Å². The summed E-state index contributed by atoms with van der Waals surface area (Å²) < 4.78 is 41.5. The Morgan fingerprint density at radius 1 is 0.252 bits per heavy atom. The second-order valence-electron chi connectivity index (χ2n) is 35.2. The molecule has 0 saturated heterocycles. The molecule has 8 heteroatoms. The molecule has 2 saturated carbocycles. The van der Waals surface area contributed by atoms with Crippen LogP contribution in [0.25, 0.3) is 0 Å². The summed E-state index contributed by atoms with van der Waals surface area (Å²) >= 11 is 0. The number of aryl methyl sites for hydroxylation is 2. The largest absolute Gasteiger partial charge is 0.463 e. The molecule has 6 nitrogen and oxygen atoms in total. The van der Waals surface area contributed by atoms with E-state index in [-0.39, 0.29) is 17.6 Å². The van der Waals surface area contributed by atoms with Crippen molar-refractivity contribution < 1.29 is 27.1 Å². The Bertz CT molecular complexity index is 2040. The van der Waals surface area contributed by atoms with Crippen LogP contribution in [0, 0.1) is 17.3 Å². The zero-order valence-corrected chi connectivity index (χ0v) is 74.3. The molecule has 2 aliphatic carbocycles. The molecule has 624 valence electrons. The molecule has 2 aromatic carbocycles. The lowest BCUT2D eigenvalue weighted by molar-refractivity contribution is 0.00529. The maximum absolute atomic E-state index is 7.19. The van der Waals surface area contributed by atoms with Crippen LogP contribution in [-0.4, -0.2) is 25.4 Å². The highest BCUT2D eigenvalue weighted by atomic mass is 31.2. The van der Waals surface area contributed by atoms with Crippen LogP contribution in [-0.2, 0) is 30.9 Å². The van der Waals surface area contributed by atoms with E-state index >= 15 is 0 Å². The number of para-hydroxylation sites is 2. The molecule has 2 fully saturated rings. The SMILES string of the molecule is CCCCCCCCCCCCCCCCCCOP(OCCCCCCCCCCCCCCCCCC)OC1CCC(C(C)(C)C2CCC(OP(Oc3ccccc3CCCCCCCCCCCCCCCCCC)Oc3ccccc3CCCCCCCCCCCCCCCCCC)CC2)CC1. The highest BCUT2D eigenvalue weighted by molar-refractivity contribution is 7.42. The van der Waals surface area contributed by atoms with Gasteiger partial charge in [-0.15, -0.1) is 0 Å². The highest BCUT2D eigenvalue weighted by Gasteiger charge is 2.42. The van der Waals surface area contributed by atoms with E-state index in [9.17, 15) is 0 Å². The average molecular weight is 1530 g/mol. The summed E-state index contributed by atoms with van der Waals surface area (Å²) in [5.41, 5.74) is 2.83. The summed E-state index contributed by atoms with van der Waals surface area (Å²) in [4.78, 5) is 0. The van der Waals surface area contributed by atoms with Crippen molar-refractivity contribution >= 4 is 17.2 Å². The molecule has 0 heterocycles. The Hall–Kier alpha value is -1.26. The quantitative estimate of drug-likeness (QED) is 0.0486. The molecule has 0 atom stereocenters. The number of benzene rings is 2. The van der Waals surface area contributed by atoms with Gasteiger partial charge in [0.25, 0.3) is 0 Å². The molecule has 107 heavy (non-hydrogen) atoms. The normalized spacial score (nSPS) is 16.4. The lowest BCUT2D eigenvalue weighted by Gasteiger charge is -2.46. The summed E-state index contributed by atoms with van der Waals surface area (Å²) in [6.45, 7) is 16.0. The fourth-order valence-electron chi connectivity index (χ4n) is 17.6. The third-order valence-electron chi connectivity index (χ3n) is 25.2. The summed E-state index contributed by atoms with van der Waals surface area (Å²) in [6.07, 6.45) is 100. The molecule has 4 rings (SSSR count). The third kappa shape index (κ3) is 54.3. The van der Waals surface area contributed by atoms with E-state index in [0.29, 0.717) is 11.8 Å². The van der Waals surface area contributed by atoms with Gasteiger partial charge in [0.1, 0.15) is 11.5 Å². The molecule has 2 aliphatic rings. The van der Waals surface area contributed by atoms with Crippen molar-refractivity contribution in [3.05, 3.63) is 59.7 Å². The third-order valence-corrected chi connectivity index (χ3v) is 27.6. The van der Waals surface area contributed by atoms with Gasteiger partial charge in [-0.1, -0.05) is 463 Å². The van der Waals surface area contributed by atoms with E-state index < -0.39 is 17.2 Å². The average Bonchev–Trinajstić information content (AvgIpc) is 0.802. The van der Waals surface area contributed by atoms with Crippen molar-refractivity contribution in [3.8, 4) is 11.5 Å². The zero-order chi connectivity index (χ0) is 75.9. The maximum atomic E-state index is 7.19. The first-order chi connectivity index (χ1) is 52.9. The Morgan fingerprint density at radius 3 is 0.701 bits per heavy atom. The second kappa shape index (κ2) is 72.4. The van der Waals surface area contributed by atoms with Gasteiger partial charge in [0.05, 0.1) is 25.4 Å². The molecule has 0 unspecified atom stereocenters. The van der Waals surface area contributed by atoms with Crippen molar-refractivity contribution in [1.29, 1.82) is 0 Å². The molecule has 0 N–H and O–H groups in total. The first-order valence-electron chi connectivity index (χ1n) is 48.6. The molecule has 0 radical (unpaired) electrons. The van der Waals surface area contributed by atoms with Gasteiger partial charge in [0, 0.05) is 0 Å². The lowest BCUT2D eigenvalue weighted by Crippen LogP contribution is -2.39. The minimum atomic E-state index is -1.68. The van der Waals surface area contributed by atoms with Gasteiger partial charge in [0.15, 0.2) is 0 Å². The highest BCUT2D eigenvalue weighted by Crippen LogP contribution is 2.53. The summed E-state index contributed by atoms with van der Waals surface area (Å²) in [5.74, 6) is 3.25. The fraction of sp³-hybridized carbons (Fsp3) is 0.879. The van der Waals surface area contributed by atoms with Gasteiger partial charge >= 0.3 is 17.2 Å². The van der Waals surface area contributed by atoms with E-state index in [2.05, 4.69) is 90.1 Å². The van der Waals surface area contributed by atoms with Crippen LogP contribution < -0.4 is 9.05 Å². The zero-order valence-electron chi connectivity index (χ0n) is 72.5. The van der Waals surface area contributed by atoms with Crippen LogP contribution in [0.2, 0.25) is 0 Å². The van der Waals surface area contributed by atoms with Crippen LogP contribution >= 0.6 is 17.2 Å². The van der Waals surface area contributed by atoms with Crippen LogP contribution in [0.3, 0.4) is 0 Å². The topological polar surface area (TPSA) is 55.4 Å². The van der Waals surface area contributed by atoms with Gasteiger partial charge in [0.2, 0.25) is 0 Å². The van der Waals surface area contributed by atoms with Gasteiger partial charge in [-0.2, -0.15) is 0 Å². The maximum Gasteiger partial charge on any atom is 0.463 e. The smallest absolute Gasteiger partial charge is 0.417 e. The Balaban J connectivity index is 1.25. The van der Waals surface area contributed by atoms with Crippen LogP contribution in [0.1, 0.15) is 515 Å². The van der Waals surface area contributed by atoms with Crippen LogP contribution in [0.4, 0.5) is 0 Å². The number of hydrogen-bond donors (Lipinski definition) is 0. The molecule has 0 aromatic heterocycles. The standard InChI is InChI=1S/C99H182O6P2/c1-7-11-15-19-23-27-31-35-39-43-47-51-55-59-63-67-75-91-77-69-71-79-97(91)104-107(105-98-80-72-70-78-92(98)76-68-64-60-56-52-48-44-40-36-32-28-24-20-16-12-8-2)103-96-87-83-94(84-88-96)99(5,6)93-81-85-95(86-82-93)102-106(100-89-73-65-61-57-53-49-45-41-37-33-29-25-21-17-13-9-3)101-90-74-66-62-58-54-50-46-42-38-34-30-26-22-18-14-10-4/h69-72,77-80,93-96H,7-68,73-76,81-90H2,1-6H3. The minimum Gasteiger partial charge on any atom is -0.417 e. The molecule has 0 aliphatic heterocycles. The summed E-state index contributed by atoms with van der Waals surface area (Å²) in [7, 11) is -3.00. The minimum absolute atomic E-state index is 0.120. The van der Waals surface area contributed by atoms with Gasteiger partial charge in [-0.05, 0) is 130 Å². The van der Waals surface area contributed by atoms with Crippen molar-refractivity contribution in [2.45, 2.75) is 529 Å². The van der Waals surface area contributed by atoms with E-state index in [4.69, 9.17) is 27.1 Å². The van der Waals surface area contributed by atoms with Gasteiger partial charge in [-0.25, -0.2) is 0 Å². The molecule has 0 spiro atoms. The Morgan fingerprint density at radius 2 is 0.458 bits per heavy atom. The Labute approximate surface area is 670 Å². The molecular formula is C99H182O6P2. The Kier molecular flexibility index (Phi) is 66.4. The van der Waals surface area contributed by atoms with Crippen molar-refractivity contribution in [2.24, 2.45) is 17.3 Å². The number of hydrogen-bond acceptors (Lipinski definition) is 6. The van der Waals surface area contributed by atoms with Crippen molar-refractivity contribution in [3.63, 3.8) is 0 Å². The number of unbranched alkanes of at least 4 members (excludes halogenated alkanes) is 60. The van der Waals surface area contributed by atoms with E-state index in [1.54, 1.807) is 0 Å². The molecule has 0 amide bonds. The van der Waals surface area contributed by atoms with Crippen molar-refractivity contribution in [2.75, 3.05) is 13.2 Å². The predicted molar refractivity (Wildman–Crippen MR) is 473 cm³/mol. The molecule has 0 bridgehead atoms. The monoisotopic (exact) mass is 1530 g/mol. The predicted octanol–water partition coefficient (Wildman–Crippen LogP) is 35.9. The number of rotatable bonds is 80. The summed E-state index contributed by atoms with van der Waals surface area (Å²) in [6, 6.07) is 17.6. The lowest BCUT2D eigenvalue weighted by atomic mass is 9.60. The van der Waals surface area contributed by atoms with Crippen LogP contribution in [0.15, 0.2) is 48.5 Å².